The zero-order valence-electron chi connectivity index (χ0n) is 16.8. The molecule has 4 N–H and O–H groups in total. The highest BCUT2D eigenvalue weighted by Crippen LogP contribution is 2.35. The number of methoxy groups -OCH3 is 2. The van der Waals surface area contributed by atoms with Crippen molar-refractivity contribution in [1.29, 1.82) is 0 Å². The van der Waals surface area contributed by atoms with E-state index < -0.39 is 0 Å². The van der Waals surface area contributed by atoms with Crippen LogP contribution in [0.5, 0.6) is 17.2 Å². The van der Waals surface area contributed by atoms with E-state index in [2.05, 4.69) is 22.8 Å². The smallest absolute Gasteiger partial charge is 0.186 e. The number of ether oxygens (including phenoxy) is 2. The van der Waals surface area contributed by atoms with E-state index in [4.69, 9.17) is 21.1 Å². The van der Waals surface area contributed by atoms with E-state index in [9.17, 15) is 5.11 Å². The van der Waals surface area contributed by atoms with E-state index in [0.717, 1.165) is 28.1 Å². The minimum Gasteiger partial charge on any atom is -0.504 e. The molecule has 5 nitrogen and oxygen atoms in total. The number of halogens is 1. The second-order valence-corrected chi connectivity index (χ2v) is 7.54. The summed E-state index contributed by atoms with van der Waals surface area (Å²) in [6.07, 6.45) is 2.03. The average molecular weight is 424 g/mol. The van der Waals surface area contributed by atoms with Crippen molar-refractivity contribution in [3.8, 4) is 17.2 Å². The zero-order valence-corrected chi connectivity index (χ0v) is 17.6. The van der Waals surface area contributed by atoms with Gasteiger partial charge in [-0.2, -0.15) is 0 Å². The van der Waals surface area contributed by atoms with Gasteiger partial charge in [0.15, 0.2) is 17.7 Å². The van der Waals surface area contributed by atoms with Gasteiger partial charge in [-0.05, 0) is 42.0 Å². The molecule has 0 spiro atoms. The Morgan fingerprint density at radius 1 is 0.967 bits per heavy atom. The maximum absolute atomic E-state index is 10.7. The number of nitrogens with one attached hydrogen (secondary N) is 1. The molecular weight excluding hydrogens is 400 g/mol. The summed E-state index contributed by atoms with van der Waals surface area (Å²) in [6.45, 7) is 0. The molecule has 0 bridgehead atoms. The molecule has 0 saturated heterocycles. The van der Waals surface area contributed by atoms with Gasteiger partial charge >= 0.3 is 0 Å². The number of quaternary nitrogens is 1. The third kappa shape index (κ3) is 4.08. The van der Waals surface area contributed by atoms with Crippen molar-refractivity contribution in [2.24, 2.45) is 0 Å². The lowest BCUT2D eigenvalue weighted by atomic mass is 9.97. The maximum atomic E-state index is 10.7. The number of rotatable bonds is 5. The molecule has 0 fully saturated rings. The van der Waals surface area contributed by atoms with Gasteiger partial charge in [0.1, 0.15) is 11.8 Å². The molecule has 0 aromatic heterocycles. The van der Waals surface area contributed by atoms with Crippen LogP contribution in [0, 0.1) is 0 Å². The Hall–Kier alpha value is -3.15. The first kappa shape index (κ1) is 20.1. The highest BCUT2D eigenvalue weighted by molar-refractivity contribution is 6.30. The molecule has 3 aromatic rings. The summed E-state index contributed by atoms with van der Waals surface area (Å²) < 4.78 is 10.7. The SMILES string of the molecule is COc1cccc(C2NC(c3ccc(Cl)cc3)=CC(c3cccc(OC)c3O)[NH2+]2)c1. The van der Waals surface area contributed by atoms with Gasteiger partial charge in [0.2, 0.25) is 0 Å². The largest absolute Gasteiger partial charge is 0.504 e. The minimum absolute atomic E-state index is 0.0774. The molecule has 2 unspecified atom stereocenters. The molecule has 1 heterocycles. The first-order chi connectivity index (χ1) is 14.6. The second kappa shape index (κ2) is 8.69. The topological polar surface area (TPSA) is 67.3 Å². The molecule has 0 saturated carbocycles. The normalized spacial score (nSPS) is 18.3. The molecule has 3 aromatic carbocycles. The van der Waals surface area contributed by atoms with Crippen molar-refractivity contribution in [2.45, 2.75) is 12.2 Å². The van der Waals surface area contributed by atoms with Crippen LogP contribution in [0.25, 0.3) is 5.70 Å². The quantitative estimate of drug-likeness (QED) is 0.580. The lowest BCUT2D eigenvalue weighted by molar-refractivity contribution is -0.731. The van der Waals surface area contributed by atoms with Crippen LogP contribution in [-0.4, -0.2) is 19.3 Å². The fraction of sp³-hybridized carbons (Fsp3) is 0.167. The van der Waals surface area contributed by atoms with Crippen molar-refractivity contribution >= 4 is 17.3 Å². The molecule has 30 heavy (non-hydrogen) atoms. The number of benzene rings is 3. The van der Waals surface area contributed by atoms with Crippen LogP contribution in [0.4, 0.5) is 0 Å². The van der Waals surface area contributed by atoms with Crippen molar-refractivity contribution in [3.63, 3.8) is 0 Å². The monoisotopic (exact) mass is 423 g/mol. The molecule has 154 valence electrons. The Morgan fingerprint density at radius 3 is 2.47 bits per heavy atom. The average Bonchev–Trinajstić information content (AvgIpc) is 2.79. The van der Waals surface area contributed by atoms with Gasteiger partial charge in [0.25, 0.3) is 0 Å². The Kier molecular flexibility index (Phi) is 5.84. The third-order valence-corrected chi connectivity index (χ3v) is 5.53. The predicted molar refractivity (Wildman–Crippen MR) is 118 cm³/mol. The molecule has 0 aliphatic carbocycles. The predicted octanol–water partition coefficient (Wildman–Crippen LogP) is 4.01. The van der Waals surface area contributed by atoms with Crippen molar-refractivity contribution < 1.29 is 19.9 Å². The molecule has 2 atom stereocenters. The van der Waals surface area contributed by atoms with E-state index in [1.54, 1.807) is 20.3 Å². The summed E-state index contributed by atoms with van der Waals surface area (Å²) in [6, 6.07) is 21.1. The van der Waals surface area contributed by atoms with Gasteiger partial charge in [0, 0.05) is 22.4 Å². The molecular formula is C24H24ClN2O3+. The lowest BCUT2D eigenvalue weighted by Gasteiger charge is -2.30. The highest BCUT2D eigenvalue weighted by atomic mass is 35.5. The maximum Gasteiger partial charge on any atom is 0.186 e. The number of phenols is 1. The Bertz CT molecular complexity index is 1070. The van der Waals surface area contributed by atoms with Crippen molar-refractivity contribution in [2.75, 3.05) is 14.2 Å². The summed E-state index contributed by atoms with van der Waals surface area (Å²) in [5.74, 6) is 1.41. The molecule has 4 rings (SSSR count). The van der Waals surface area contributed by atoms with Crippen molar-refractivity contribution in [3.05, 3.63) is 94.5 Å². The summed E-state index contributed by atoms with van der Waals surface area (Å²) >= 11 is 6.08. The van der Waals surface area contributed by atoms with Gasteiger partial charge in [-0.1, -0.05) is 41.9 Å². The number of phenolic OH excluding ortho intramolecular Hbond substituents is 1. The Balaban J connectivity index is 1.77. The van der Waals surface area contributed by atoms with Crippen LogP contribution >= 0.6 is 11.6 Å². The molecule has 1 aliphatic heterocycles. The van der Waals surface area contributed by atoms with E-state index >= 15 is 0 Å². The Morgan fingerprint density at radius 2 is 1.73 bits per heavy atom. The number of hydrogen-bond donors (Lipinski definition) is 3. The summed E-state index contributed by atoms with van der Waals surface area (Å²) in [7, 11) is 3.21. The lowest BCUT2D eigenvalue weighted by Crippen LogP contribution is -2.89. The summed E-state index contributed by atoms with van der Waals surface area (Å²) in [5, 5.41) is 17.2. The van der Waals surface area contributed by atoms with Crippen LogP contribution in [0.15, 0.2) is 72.8 Å². The molecule has 6 heteroatoms. The van der Waals surface area contributed by atoms with E-state index in [-0.39, 0.29) is 18.0 Å². The minimum atomic E-state index is -0.122. The standard InChI is InChI=1S/C24H23ClN2O3/c1-29-18-6-3-5-16(13-18)24-26-20(15-9-11-17(25)12-10-15)14-21(27-24)19-7-4-8-22(30-2)23(19)28/h3-14,21,24,26-28H,1-2H3/p+1. The summed E-state index contributed by atoms with van der Waals surface area (Å²) in [5.41, 5.74) is 3.85. The molecule has 0 amide bonds. The number of para-hydroxylation sites is 1. The number of hydrogen-bond acceptors (Lipinski definition) is 4. The zero-order chi connectivity index (χ0) is 21.1. The third-order valence-electron chi connectivity index (χ3n) is 5.27. The first-order valence-corrected chi connectivity index (χ1v) is 10.1. The van der Waals surface area contributed by atoms with Crippen LogP contribution < -0.4 is 20.1 Å². The number of nitrogens with two attached hydrogens (primary N) is 1. The van der Waals surface area contributed by atoms with Crippen LogP contribution in [0.1, 0.15) is 28.9 Å². The second-order valence-electron chi connectivity index (χ2n) is 7.10. The van der Waals surface area contributed by atoms with E-state index in [1.807, 2.05) is 54.6 Å². The van der Waals surface area contributed by atoms with Gasteiger partial charge < -0.3 is 25.2 Å². The molecule has 1 aliphatic rings. The fourth-order valence-electron chi connectivity index (χ4n) is 3.71. The highest BCUT2D eigenvalue weighted by Gasteiger charge is 2.30. The van der Waals surface area contributed by atoms with Gasteiger partial charge in [0.05, 0.1) is 19.8 Å². The number of aromatic hydroxyl groups is 1. The molecule has 0 radical (unpaired) electrons. The van der Waals surface area contributed by atoms with Gasteiger partial charge in [-0.3, -0.25) is 0 Å². The first-order valence-electron chi connectivity index (χ1n) is 9.68. The Labute approximate surface area is 180 Å². The van der Waals surface area contributed by atoms with E-state index in [1.165, 1.54) is 0 Å². The summed E-state index contributed by atoms with van der Waals surface area (Å²) in [4.78, 5) is 0. The van der Waals surface area contributed by atoms with Gasteiger partial charge in [-0.15, -0.1) is 0 Å². The fourth-order valence-corrected chi connectivity index (χ4v) is 3.84. The van der Waals surface area contributed by atoms with E-state index in [0.29, 0.717) is 10.8 Å². The van der Waals surface area contributed by atoms with Crippen LogP contribution in [0.3, 0.4) is 0 Å². The van der Waals surface area contributed by atoms with Crippen LogP contribution in [0.2, 0.25) is 5.02 Å². The van der Waals surface area contributed by atoms with Gasteiger partial charge in [-0.25, -0.2) is 0 Å². The van der Waals surface area contributed by atoms with Crippen LogP contribution in [-0.2, 0) is 0 Å². The van der Waals surface area contributed by atoms with Crippen molar-refractivity contribution in [1.82, 2.24) is 5.32 Å².